The first-order valence-corrected chi connectivity index (χ1v) is 8.43. The minimum absolute atomic E-state index is 0.123. The van der Waals surface area contributed by atoms with Crippen LogP contribution in [0.2, 0.25) is 0 Å². The van der Waals surface area contributed by atoms with E-state index >= 15 is 0 Å². The molecule has 1 aliphatic heterocycles. The summed E-state index contributed by atoms with van der Waals surface area (Å²) >= 11 is 0. The molecule has 1 fully saturated rings. The molecule has 3 rings (SSSR count). The van der Waals surface area contributed by atoms with Crippen LogP contribution in [-0.4, -0.2) is 24.9 Å². The molecular formula is C19H18F3N3O2. The number of nitrogens with two attached hydrogens (primary N) is 1. The van der Waals surface area contributed by atoms with Gasteiger partial charge in [-0.1, -0.05) is 6.07 Å². The summed E-state index contributed by atoms with van der Waals surface area (Å²) in [6.07, 6.45) is -2.54. The summed E-state index contributed by atoms with van der Waals surface area (Å²) in [6, 6.07) is 8.88. The van der Waals surface area contributed by atoms with Gasteiger partial charge in [-0.25, -0.2) is 0 Å². The summed E-state index contributed by atoms with van der Waals surface area (Å²) < 4.78 is 38.6. The fraction of sp³-hybridized carbons (Fsp3) is 0.263. The summed E-state index contributed by atoms with van der Waals surface area (Å²) in [4.78, 5) is 26.0. The van der Waals surface area contributed by atoms with Crippen LogP contribution in [0.3, 0.4) is 0 Å². The van der Waals surface area contributed by atoms with E-state index in [1.807, 2.05) is 4.90 Å². The van der Waals surface area contributed by atoms with Gasteiger partial charge in [-0.2, -0.15) is 13.2 Å². The lowest BCUT2D eigenvalue weighted by molar-refractivity contribution is -0.137. The Morgan fingerprint density at radius 2 is 1.70 bits per heavy atom. The number of nitrogens with zero attached hydrogens (tertiary/aromatic N) is 1. The van der Waals surface area contributed by atoms with Crippen LogP contribution in [-0.2, 0) is 6.18 Å². The number of benzene rings is 2. The molecule has 0 bridgehead atoms. The molecule has 2 aromatic rings. The lowest BCUT2D eigenvalue weighted by atomic mass is 10.1. The highest BCUT2D eigenvalue weighted by Crippen LogP contribution is 2.32. The van der Waals surface area contributed by atoms with Gasteiger partial charge in [-0.05, 0) is 49.2 Å². The van der Waals surface area contributed by atoms with E-state index in [-0.39, 0.29) is 11.1 Å². The molecule has 0 spiro atoms. The SMILES string of the molecule is NC(=O)c1ccc(N2CCCC2)c(NC(=O)c2cccc(C(F)(F)F)c2)c1. The average molecular weight is 377 g/mol. The standard InChI is InChI=1S/C19H18F3N3O2/c20-19(21,22)14-5-3-4-13(10-14)18(27)24-15-11-12(17(23)26)6-7-16(15)25-8-1-2-9-25/h3-7,10-11H,1-2,8-9H2,(H2,23,26)(H,24,27). The maximum Gasteiger partial charge on any atom is 0.416 e. The summed E-state index contributed by atoms with van der Waals surface area (Å²) in [6.45, 7) is 1.59. The number of nitrogens with one attached hydrogen (secondary N) is 1. The van der Waals surface area contributed by atoms with Crippen LogP contribution in [0.25, 0.3) is 0 Å². The highest BCUT2D eigenvalue weighted by atomic mass is 19.4. The second kappa shape index (κ2) is 7.30. The van der Waals surface area contributed by atoms with Crippen molar-refractivity contribution in [2.24, 2.45) is 5.73 Å². The fourth-order valence-corrected chi connectivity index (χ4v) is 3.05. The van der Waals surface area contributed by atoms with Crippen molar-refractivity contribution in [3.8, 4) is 0 Å². The molecule has 2 aromatic carbocycles. The summed E-state index contributed by atoms with van der Waals surface area (Å²) in [5, 5.41) is 2.62. The predicted molar refractivity (Wildman–Crippen MR) is 95.8 cm³/mol. The Bertz CT molecular complexity index is 875. The molecular weight excluding hydrogens is 359 g/mol. The number of primary amides is 1. The summed E-state index contributed by atoms with van der Waals surface area (Å²) in [5.41, 5.74) is 5.54. The number of hydrogen-bond acceptors (Lipinski definition) is 3. The Morgan fingerprint density at radius 3 is 2.33 bits per heavy atom. The molecule has 0 atom stereocenters. The number of carbonyl (C=O) groups is 2. The zero-order valence-corrected chi connectivity index (χ0v) is 14.3. The Labute approximate surface area is 154 Å². The third-order valence-corrected chi connectivity index (χ3v) is 4.43. The minimum Gasteiger partial charge on any atom is -0.370 e. The van der Waals surface area contributed by atoms with Crippen molar-refractivity contribution in [2.75, 3.05) is 23.3 Å². The minimum atomic E-state index is -4.54. The van der Waals surface area contributed by atoms with Crippen LogP contribution in [0, 0.1) is 0 Å². The summed E-state index contributed by atoms with van der Waals surface area (Å²) in [7, 11) is 0. The molecule has 2 amide bonds. The van der Waals surface area contributed by atoms with Crippen LogP contribution in [0.5, 0.6) is 0 Å². The molecule has 3 N–H and O–H groups in total. The van der Waals surface area contributed by atoms with Gasteiger partial charge in [0.05, 0.1) is 16.9 Å². The molecule has 0 aromatic heterocycles. The van der Waals surface area contributed by atoms with Gasteiger partial charge in [0.1, 0.15) is 0 Å². The van der Waals surface area contributed by atoms with Crippen LogP contribution >= 0.6 is 0 Å². The Morgan fingerprint density at radius 1 is 1.00 bits per heavy atom. The maximum absolute atomic E-state index is 12.9. The number of halogens is 3. The van der Waals surface area contributed by atoms with Crippen LogP contribution in [0.4, 0.5) is 24.5 Å². The molecule has 8 heteroatoms. The Balaban J connectivity index is 1.92. The van der Waals surface area contributed by atoms with E-state index in [0.29, 0.717) is 11.4 Å². The number of alkyl halides is 3. The lowest BCUT2D eigenvalue weighted by Crippen LogP contribution is -2.22. The molecule has 0 saturated carbocycles. The smallest absolute Gasteiger partial charge is 0.370 e. The van der Waals surface area contributed by atoms with E-state index in [4.69, 9.17) is 5.73 Å². The normalized spacial score (nSPS) is 14.3. The van der Waals surface area contributed by atoms with E-state index in [2.05, 4.69) is 5.32 Å². The zero-order chi connectivity index (χ0) is 19.6. The molecule has 0 unspecified atom stereocenters. The third-order valence-electron chi connectivity index (χ3n) is 4.43. The number of hydrogen-bond donors (Lipinski definition) is 2. The molecule has 142 valence electrons. The maximum atomic E-state index is 12.9. The molecule has 1 aliphatic rings. The molecule has 0 aliphatic carbocycles. The van der Waals surface area contributed by atoms with Crippen molar-refractivity contribution in [2.45, 2.75) is 19.0 Å². The first-order chi connectivity index (χ1) is 12.8. The van der Waals surface area contributed by atoms with E-state index in [9.17, 15) is 22.8 Å². The second-order valence-corrected chi connectivity index (χ2v) is 6.32. The van der Waals surface area contributed by atoms with Gasteiger partial charge in [-0.15, -0.1) is 0 Å². The highest BCUT2D eigenvalue weighted by molar-refractivity contribution is 6.07. The first-order valence-electron chi connectivity index (χ1n) is 8.43. The molecule has 5 nitrogen and oxygen atoms in total. The van der Waals surface area contributed by atoms with Crippen molar-refractivity contribution in [1.29, 1.82) is 0 Å². The number of amides is 2. The van der Waals surface area contributed by atoms with Gasteiger partial charge in [0, 0.05) is 24.2 Å². The summed E-state index contributed by atoms with van der Waals surface area (Å²) in [5.74, 6) is -1.35. The van der Waals surface area contributed by atoms with Crippen molar-refractivity contribution >= 4 is 23.2 Å². The van der Waals surface area contributed by atoms with Gasteiger partial charge in [0.2, 0.25) is 5.91 Å². The van der Waals surface area contributed by atoms with Gasteiger partial charge < -0.3 is 16.0 Å². The van der Waals surface area contributed by atoms with Crippen LogP contribution < -0.4 is 16.0 Å². The second-order valence-electron chi connectivity index (χ2n) is 6.32. The van der Waals surface area contributed by atoms with Crippen molar-refractivity contribution < 1.29 is 22.8 Å². The highest BCUT2D eigenvalue weighted by Gasteiger charge is 2.31. The van der Waals surface area contributed by atoms with Gasteiger partial charge in [0.15, 0.2) is 0 Å². The fourth-order valence-electron chi connectivity index (χ4n) is 3.05. The Kier molecular flexibility index (Phi) is 5.07. The molecule has 1 heterocycles. The van der Waals surface area contributed by atoms with Crippen molar-refractivity contribution in [1.82, 2.24) is 0 Å². The number of anilines is 2. The number of carbonyl (C=O) groups excluding carboxylic acids is 2. The largest absolute Gasteiger partial charge is 0.416 e. The molecule has 27 heavy (non-hydrogen) atoms. The van der Waals surface area contributed by atoms with E-state index < -0.39 is 23.6 Å². The first kappa shape index (κ1) is 18.8. The van der Waals surface area contributed by atoms with E-state index in [1.165, 1.54) is 18.2 Å². The van der Waals surface area contributed by atoms with Gasteiger partial charge >= 0.3 is 6.18 Å². The van der Waals surface area contributed by atoms with Gasteiger partial charge in [0.25, 0.3) is 5.91 Å². The zero-order valence-electron chi connectivity index (χ0n) is 14.3. The predicted octanol–water partition coefficient (Wildman–Crippen LogP) is 3.66. The molecule has 0 radical (unpaired) electrons. The third kappa shape index (κ3) is 4.21. The van der Waals surface area contributed by atoms with Crippen molar-refractivity contribution in [3.05, 3.63) is 59.2 Å². The quantitative estimate of drug-likeness (QED) is 0.854. The lowest BCUT2D eigenvalue weighted by Gasteiger charge is -2.22. The van der Waals surface area contributed by atoms with Gasteiger partial charge in [-0.3, -0.25) is 9.59 Å². The van der Waals surface area contributed by atoms with Crippen LogP contribution in [0.15, 0.2) is 42.5 Å². The molecule has 1 saturated heterocycles. The van der Waals surface area contributed by atoms with Crippen molar-refractivity contribution in [3.63, 3.8) is 0 Å². The van der Waals surface area contributed by atoms with E-state index in [1.54, 1.807) is 12.1 Å². The van der Waals surface area contributed by atoms with Crippen LogP contribution in [0.1, 0.15) is 39.1 Å². The van der Waals surface area contributed by atoms with E-state index in [0.717, 1.165) is 38.1 Å². The monoisotopic (exact) mass is 377 g/mol. The topological polar surface area (TPSA) is 75.4 Å². The number of rotatable bonds is 4. The Hall–Kier alpha value is -3.03. The average Bonchev–Trinajstić information content (AvgIpc) is 3.15.